The summed E-state index contributed by atoms with van der Waals surface area (Å²) >= 11 is 0. The van der Waals surface area contributed by atoms with Crippen molar-refractivity contribution in [2.24, 2.45) is 0 Å². The molecular weight excluding hydrogens is 226 g/mol. The molecule has 1 rings (SSSR count). The second-order valence-electron chi connectivity index (χ2n) is 4.64. The number of nitrogens with one attached hydrogen (secondary N) is 1. The van der Waals surface area contributed by atoms with Crippen LogP contribution < -0.4 is 11.1 Å². The van der Waals surface area contributed by atoms with E-state index in [1.54, 1.807) is 12.3 Å². The van der Waals surface area contributed by atoms with Crippen LogP contribution in [-0.4, -0.2) is 10.9 Å². The minimum Gasteiger partial charge on any atom is -0.397 e. The van der Waals surface area contributed by atoms with Crippen LogP contribution in [0.15, 0.2) is 12.3 Å². The molecule has 0 atom stereocenters. The van der Waals surface area contributed by atoms with Crippen LogP contribution in [0.4, 0.5) is 11.5 Å². The lowest BCUT2D eigenvalue weighted by Crippen LogP contribution is -2.12. The molecule has 0 aliphatic carbocycles. The van der Waals surface area contributed by atoms with Gasteiger partial charge >= 0.3 is 0 Å². The van der Waals surface area contributed by atoms with Gasteiger partial charge in [0.05, 0.1) is 11.9 Å². The van der Waals surface area contributed by atoms with E-state index < -0.39 is 0 Å². The maximum absolute atomic E-state index is 11.7. The maximum Gasteiger partial charge on any atom is 0.225 e. The molecule has 0 radical (unpaired) electrons. The van der Waals surface area contributed by atoms with E-state index in [0.717, 1.165) is 18.4 Å². The molecule has 0 aromatic carbocycles. The first kappa shape index (κ1) is 14.5. The minimum atomic E-state index is 0.0307. The third-order valence-corrected chi connectivity index (χ3v) is 2.93. The summed E-state index contributed by atoms with van der Waals surface area (Å²) in [5.74, 6) is 0.614. The number of nitrogen functional groups attached to an aromatic ring is 1. The SMILES string of the molecule is CCCCCCCC(=O)Nc1cc(C)c(N)cn1. The summed E-state index contributed by atoms with van der Waals surface area (Å²) in [6.45, 7) is 4.08. The topological polar surface area (TPSA) is 68.0 Å². The molecule has 0 saturated carbocycles. The lowest BCUT2D eigenvalue weighted by molar-refractivity contribution is -0.116. The number of aromatic nitrogens is 1. The molecule has 4 heteroatoms. The number of nitrogens with zero attached hydrogens (tertiary/aromatic N) is 1. The number of amides is 1. The van der Waals surface area contributed by atoms with Crippen molar-refractivity contribution in [2.45, 2.75) is 52.4 Å². The van der Waals surface area contributed by atoms with Crippen molar-refractivity contribution in [2.75, 3.05) is 11.1 Å². The zero-order valence-corrected chi connectivity index (χ0v) is 11.3. The van der Waals surface area contributed by atoms with Gasteiger partial charge in [0.15, 0.2) is 0 Å². The average molecular weight is 249 g/mol. The molecule has 1 aromatic rings. The second-order valence-corrected chi connectivity index (χ2v) is 4.64. The number of pyridine rings is 1. The number of hydrogen-bond acceptors (Lipinski definition) is 3. The van der Waals surface area contributed by atoms with E-state index in [1.807, 2.05) is 6.92 Å². The molecule has 3 N–H and O–H groups in total. The summed E-state index contributed by atoms with van der Waals surface area (Å²) in [4.78, 5) is 15.7. The Bertz CT molecular complexity index is 391. The van der Waals surface area contributed by atoms with Crippen LogP contribution in [0.25, 0.3) is 0 Å². The summed E-state index contributed by atoms with van der Waals surface area (Å²) in [7, 11) is 0. The van der Waals surface area contributed by atoms with Crippen LogP contribution >= 0.6 is 0 Å². The summed E-state index contributed by atoms with van der Waals surface area (Å²) in [6, 6.07) is 1.80. The molecule has 0 aliphatic heterocycles. The highest BCUT2D eigenvalue weighted by atomic mass is 16.1. The fraction of sp³-hybridized carbons (Fsp3) is 0.571. The molecule has 0 bridgehead atoms. The molecule has 1 amide bonds. The Morgan fingerprint density at radius 2 is 2.06 bits per heavy atom. The molecule has 0 fully saturated rings. The number of carbonyl (C=O) groups is 1. The van der Waals surface area contributed by atoms with Gasteiger partial charge in [-0.05, 0) is 25.0 Å². The number of unbranched alkanes of at least 4 members (excludes halogenated alkanes) is 4. The highest BCUT2D eigenvalue weighted by Gasteiger charge is 2.04. The van der Waals surface area contributed by atoms with E-state index in [-0.39, 0.29) is 5.91 Å². The highest BCUT2D eigenvalue weighted by Crippen LogP contribution is 2.13. The molecule has 4 nitrogen and oxygen atoms in total. The highest BCUT2D eigenvalue weighted by molar-refractivity contribution is 5.89. The molecule has 18 heavy (non-hydrogen) atoms. The predicted molar refractivity (Wildman–Crippen MR) is 75.4 cm³/mol. The van der Waals surface area contributed by atoms with Gasteiger partial charge in [0, 0.05) is 6.42 Å². The number of rotatable bonds is 7. The summed E-state index contributed by atoms with van der Waals surface area (Å²) in [5, 5.41) is 2.80. The van der Waals surface area contributed by atoms with Gasteiger partial charge in [0.1, 0.15) is 5.82 Å². The van der Waals surface area contributed by atoms with Gasteiger partial charge in [0.25, 0.3) is 0 Å². The first-order chi connectivity index (χ1) is 8.63. The van der Waals surface area contributed by atoms with Crippen LogP contribution in [0.2, 0.25) is 0 Å². The fourth-order valence-electron chi connectivity index (χ4n) is 1.73. The van der Waals surface area contributed by atoms with Crippen LogP contribution in [0, 0.1) is 6.92 Å². The Balaban J connectivity index is 2.29. The van der Waals surface area contributed by atoms with Gasteiger partial charge in [-0.15, -0.1) is 0 Å². The Hall–Kier alpha value is -1.58. The van der Waals surface area contributed by atoms with Crippen LogP contribution in [0.3, 0.4) is 0 Å². The van der Waals surface area contributed by atoms with Gasteiger partial charge in [-0.1, -0.05) is 32.6 Å². The van der Waals surface area contributed by atoms with Crippen molar-refractivity contribution < 1.29 is 4.79 Å². The molecule has 0 unspecified atom stereocenters. The van der Waals surface area contributed by atoms with E-state index in [9.17, 15) is 4.79 Å². The van der Waals surface area contributed by atoms with E-state index in [1.165, 1.54) is 19.3 Å². The molecule has 0 aliphatic rings. The smallest absolute Gasteiger partial charge is 0.225 e. The number of carbonyl (C=O) groups excluding carboxylic acids is 1. The Morgan fingerprint density at radius 3 is 2.72 bits per heavy atom. The van der Waals surface area contributed by atoms with Crippen molar-refractivity contribution in [3.63, 3.8) is 0 Å². The molecule has 0 saturated heterocycles. The van der Waals surface area contributed by atoms with E-state index in [0.29, 0.717) is 17.9 Å². The summed E-state index contributed by atoms with van der Waals surface area (Å²) in [6.07, 6.45) is 7.89. The minimum absolute atomic E-state index is 0.0307. The number of hydrogen-bond donors (Lipinski definition) is 2. The zero-order chi connectivity index (χ0) is 13.4. The van der Waals surface area contributed by atoms with Crippen LogP contribution in [-0.2, 0) is 4.79 Å². The predicted octanol–water partition coefficient (Wildman–Crippen LogP) is 3.27. The number of aryl methyl sites for hydroxylation is 1. The normalized spacial score (nSPS) is 10.3. The van der Waals surface area contributed by atoms with Crippen molar-refractivity contribution in [3.05, 3.63) is 17.8 Å². The number of nitrogens with two attached hydrogens (primary N) is 1. The largest absolute Gasteiger partial charge is 0.397 e. The molecule has 1 aromatic heterocycles. The summed E-state index contributed by atoms with van der Waals surface area (Å²) in [5.41, 5.74) is 7.25. The quantitative estimate of drug-likeness (QED) is 0.729. The van der Waals surface area contributed by atoms with E-state index >= 15 is 0 Å². The molecular formula is C14H23N3O. The molecule has 1 heterocycles. The monoisotopic (exact) mass is 249 g/mol. The van der Waals surface area contributed by atoms with Crippen molar-refractivity contribution in [3.8, 4) is 0 Å². The Morgan fingerprint density at radius 1 is 1.33 bits per heavy atom. The third-order valence-electron chi connectivity index (χ3n) is 2.93. The second kappa shape index (κ2) is 7.69. The average Bonchev–Trinajstić information content (AvgIpc) is 2.34. The first-order valence-corrected chi connectivity index (χ1v) is 6.65. The van der Waals surface area contributed by atoms with Gasteiger partial charge in [0.2, 0.25) is 5.91 Å². The zero-order valence-electron chi connectivity index (χ0n) is 11.3. The van der Waals surface area contributed by atoms with Crippen LogP contribution in [0.5, 0.6) is 0 Å². The maximum atomic E-state index is 11.7. The van der Waals surface area contributed by atoms with Gasteiger partial charge in [-0.25, -0.2) is 4.98 Å². The molecule has 100 valence electrons. The molecule has 0 spiro atoms. The lowest BCUT2D eigenvalue weighted by atomic mass is 10.1. The number of anilines is 2. The van der Waals surface area contributed by atoms with E-state index in [2.05, 4.69) is 17.2 Å². The Kier molecular flexibility index (Phi) is 6.19. The van der Waals surface area contributed by atoms with Crippen molar-refractivity contribution in [1.29, 1.82) is 0 Å². The van der Waals surface area contributed by atoms with Gasteiger partial charge in [-0.2, -0.15) is 0 Å². The lowest BCUT2D eigenvalue weighted by Gasteiger charge is -2.06. The van der Waals surface area contributed by atoms with Crippen molar-refractivity contribution in [1.82, 2.24) is 4.98 Å². The van der Waals surface area contributed by atoms with E-state index in [4.69, 9.17) is 5.73 Å². The first-order valence-electron chi connectivity index (χ1n) is 6.65. The van der Waals surface area contributed by atoms with Crippen molar-refractivity contribution >= 4 is 17.4 Å². The fourth-order valence-corrected chi connectivity index (χ4v) is 1.73. The van der Waals surface area contributed by atoms with Gasteiger partial charge < -0.3 is 11.1 Å². The third kappa shape index (κ3) is 5.17. The Labute approximate surface area is 109 Å². The van der Waals surface area contributed by atoms with Crippen LogP contribution in [0.1, 0.15) is 51.0 Å². The standard InChI is InChI=1S/C14H23N3O/c1-3-4-5-6-7-8-14(18)17-13-9-11(2)12(15)10-16-13/h9-10H,3-8,15H2,1-2H3,(H,16,17,18). The summed E-state index contributed by atoms with van der Waals surface area (Å²) < 4.78 is 0. The van der Waals surface area contributed by atoms with Gasteiger partial charge in [-0.3, -0.25) is 4.79 Å².